The minimum absolute atomic E-state index is 0.296. The summed E-state index contributed by atoms with van der Waals surface area (Å²) in [6.07, 6.45) is 13.9. The van der Waals surface area contributed by atoms with Gasteiger partial charge in [-0.25, -0.2) is 15.0 Å². The average Bonchev–Trinajstić information content (AvgIpc) is 3.58. The monoisotopic (exact) mass is 631 g/mol. The number of hydrogen-bond acceptors (Lipinski definition) is 4. The molecular formula is C45H33N3O. The Labute approximate surface area is 285 Å². The Morgan fingerprint density at radius 3 is 2.06 bits per heavy atom. The smallest absolute Gasteiger partial charge is 0.164 e. The predicted molar refractivity (Wildman–Crippen MR) is 201 cm³/mol. The van der Waals surface area contributed by atoms with Crippen LogP contribution in [-0.2, 0) is 0 Å². The van der Waals surface area contributed by atoms with E-state index in [0.717, 1.165) is 57.9 Å². The van der Waals surface area contributed by atoms with Crippen molar-refractivity contribution in [2.45, 2.75) is 25.2 Å². The lowest BCUT2D eigenvalue weighted by Crippen LogP contribution is -2.08. The van der Waals surface area contributed by atoms with E-state index in [9.17, 15) is 0 Å². The van der Waals surface area contributed by atoms with E-state index < -0.39 is 0 Å². The van der Waals surface area contributed by atoms with Gasteiger partial charge in [-0.2, -0.15) is 0 Å². The Kier molecular flexibility index (Phi) is 7.39. The summed E-state index contributed by atoms with van der Waals surface area (Å²) in [5.41, 5.74) is 11.0. The molecule has 2 aliphatic rings. The number of hydrogen-bond donors (Lipinski definition) is 0. The van der Waals surface area contributed by atoms with Gasteiger partial charge in [-0.05, 0) is 59.2 Å². The molecule has 49 heavy (non-hydrogen) atoms. The summed E-state index contributed by atoms with van der Waals surface area (Å²) in [4.78, 5) is 15.3. The standard InChI is InChI=1S/C45H33N3O/c1-3-12-30(13-4-1)31-22-24-32(25-23-31)33-26-28-35(29-27-33)44-46-43(34-14-5-2-6-15-34)47-45(48-44)38-17-8-7-16-36(38)37-19-11-21-41-42(37)39-18-9-10-20-40(39)49-41/h1-6,8-15,17-26,28-29,33H,7,16,27H2. The molecule has 2 aromatic heterocycles. The zero-order valence-electron chi connectivity index (χ0n) is 27.0. The van der Waals surface area contributed by atoms with Crippen molar-refractivity contribution in [3.05, 3.63) is 181 Å². The first-order valence-electron chi connectivity index (χ1n) is 16.9. The fraction of sp³-hybridized carbons (Fsp3) is 0.0889. The van der Waals surface area contributed by atoms with E-state index in [-0.39, 0.29) is 0 Å². The van der Waals surface area contributed by atoms with Gasteiger partial charge in [0.2, 0.25) is 0 Å². The molecule has 0 amide bonds. The molecule has 0 saturated carbocycles. The Morgan fingerprint density at radius 1 is 0.571 bits per heavy atom. The van der Waals surface area contributed by atoms with E-state index in [4.69, 9.17) is 19.4 Å². The highest BCUT2D eigenvalue weighted by atomic mass is 16.3. The van der Waals surface area contributed by atoms with Crippen LogP contribution < -0.4 is 0 Å². The summed E-state index contributed by atoms with van der Waals surface area (Å²) in [6, 6.07) is 44.3. The lowest BCUT2D eigenvalue weighted by Gasteiger charge is -2.19. The average molecular weight is 632 g/mol. The predicted octanol–water partition coefficient (Wildman–Crippen LogP) is 11.5. The van der Waals surface area contributed by atoms with Crippen LogP contribution in [0.1, 0.15) is 48.0 Å². The van der Waals surface area contributed by atoms with Crippen LogP contribution in [0.5, 0.6) is 0 Å². The van der Waals surface area contributed by atoms with Crippen LogP contribution in [0.15, 0.2) is 162 Å². The molecule has 5 aromatic carbocycles. The lowest BCUT2D eigenvalue weighted by atomic mass is 9.88. The van der Waals surface area contributed by atoms with Crippen LogP contribution in [-0.4, -0.2) is 15.0 Å². The Bertz CT molecular complexity index is 2450. The summed E-state index contributed by atoms with van der Waals surface area (Å²) in [6.45, 7) is 0. The second-order valence-corrected chi connectivity index (χ2v) is 12.6. The van der Waals surface area contributed by atoms with Crippen molar-refractivity contribution in [2.24, 2.45) is 0 Å². The summed E-state index contributed by atoms with van der Waals surface area (Å²) >= 11 is 0. The fourth-order valence-corrected chi connectivity index (χ4v) is 7.11. The van der Waals surface area contributed by atoms with E-state index in [2.05, 4.69) is 127 Å². The minimum atomic E-state index is 0.296. The molecule has 0 aliphatic heterocycles. The normalized spacial score (nSPS) is 16.0. The van der Waals surface area contributed by atoms with Crippen molar-refractivity contribution in [3.8, 4) is 22.5 Å². The molecule has 9 rings (SSSR count). The zero-order valence-corrected chi connectivity index (χ0v) is 27.0. The molecule has 2 heterocycles. The number of rotatable bonds is 6. The SMILES string of the molecule is C1=CC(c2nc(C3=CCC(c4ccc(-c5ccccc5)cc4)C=C3)nc(-c3ccccc3)n2)=C(c2cccc3oc4ccccc4c23)CC1. The van der Waals surface area contributed by atoms with E-state index in [0.29, 0.717) is 23.4 Å². The number of nitrogens with zero attached hydrogens (tertiary/aromatic N) is 3. The molecule has 1 atom stereocenters. The molecule has 2 aliphatic carbocycles. The molecule has 234 valence electrons. The van der Waals surface area contributed by atoms with Crippen molar-refractivity contribution < 1.29 is 4.42 Å². The van der Waals surface area contributed by atoms with Gasteiger partial charge in [-0.15, -0.1) is 0 Å². The summed E-state index contributed by atoms with van der Waals surface area (Å²) in [5, 5.41) is 2.26. The maximum atomic E-state index is 6.27. The van der Waals surface area contributed by atoms with Crippen LogP contribution in [0, 0.1) is 0 Å². The largest absolute Gasteiger partial charge is 0.456 e. The van der Waals surface area contributed by atoms with Crippen molar-refractivity contribution in [3.63, 3.8) is 0 Å². The molecule has 1 unspecified atom stereocenters. The van der Waals surface area contributed by atoms with Crippen molar-refractivity contribution in [1.29, 1.82) is 0 Å². The van der Waals surface area contributed by atoms with E-state index in [1.165, 1.54) is 27.8 Å². The van der Waals surface area contributed by atoms with Crippen LogP contribution in [0.2, 0.25) is 0 Å². The molecule has 0 radical (unpaired) electrons. The maximum absolute atomic E-state index is 6.27. The van der Waals surface area contributed by atoms with Crippen LogP contribution in [0.3, 0.4) is 0 Å². The number of furan rings is 1. The molecular weight excluding hydrogens is 599 g/mol. The second kappa shape index (κ2) is 12.5. The van der Waals surface area contributed by atoms with Gasteiger partial charge in [0, 0.05) is 33.4 Å². The first-order valence-corrected chi connectivity index (χ1v) is 16.9. The molecule has 0 bridgehead atoms. The molecule has 4 heteroatoms. The van der Waals surface area contributed by atoms with Crippen LogP contribution >= 0.6 is 0 Å². The van der Waals surface area contributed by atoms with Crippen molar-refractivity contribution in [2.75, 3.05) is 0 Å². The maximum Gasteiger partial charge on any atom is 0.164 e. The van der Waals surface area contributed by atoms with Gasteiger partial charge in [0.05, 0.1) is 0 Å². The highest BCUT2D eigenvalue weighted by Crippen LogP contribution is 2.41. The van der Waals surface area contributed by atoms with Gasteiger partial charge in [-0.3, -0.25) is 0 Å². The third-order valence-electron chi connectivity index (χ3n) is 9.61. The second-order valence-electron chi connectivity index (χ2n) is 12.6. The van der Waals surface area contributed by atoms with Gasteiger partial charge < -0.3 is 4.42 Å². The zero-order chi connectivity index (χ0) is 32.6. The lowest BCUT2D eigenvalue weighted by molar-refractivity contribution is 0.669. The van der Waals surface area contributed by atoms with Gasteiger partial charge in [-0.1, -0.05) is 146 Å². The van der Waals surface area contributed by atoms with Gasteiger partial charge in [0.15, 0.2) is 17.5 Å². The quantitative estimate of drug-likeness (QED) is 0.183. The Hall–Kier alpha value is -6.13. The first kappa shape index (κ1) is 29.0. The number of aromatic nitrogens is 3. The van der Waals surface area contributed by atoms with Crippen LogP contribution in [0.25, 0.3) is 61.2 Å². The Morgan fingerprint density at radius 2 is 1.27 bits per heavy atom. The topological polar surface area (TPSA) is 51.8 Å². The van der Waals surface area contributed by atoms with Gasteiger partial charge in [0.1, 0.15) is 11.2 Å². The van der Waals surface area contributed by atoms with E-state index >= 15 is 0 Å². The van der Waals surface area contributed by atoms with Crippen LogP contribution in [0.4, 0.5) is 0 Å². The highest BCUT2D eigenvalue weighted by Gasteiger charge is 2.22. The molecule has 0 saturated heterocycles. The molecule has 7 aromatic rings. The fourth-order valence-electron chi connectivity index (χ4n) is 7.11. The first-order chi connectivity index (χ1) is 24.3. The third kappa shape index (κ3) is 5.51. The molecule has 0 spiro atoms. The summed E-state index contributed by atoms with van der Waals surface area (Å²) in [5.74, 6) is 2.35. The van der Waals surface area contributed by atoms with Crippen molar-refractivity contribution >= 4 is 38.7 Å². The summed E-state index contributed by atoms with van der Waals surface area (Å²) < 4.78 is 6.27. The Balaban J connectivity index is 1.11. The highest BCUT2D eigenvalue weighted by molar-refractivity contribution is 6.13. The minimum Gasteiger partial charge on any atom is -0.456 e. The number of benzene rings is 5. The number of allylic oxidation sites excluding steroid dienone is 8. The molecule has 0 N–H and O–H groups in total. The van der Waals surface area contributed by atoms with Gasteiger partial charge in [0.25, 0.3) is 0 Å². The number of para-hydroxylation sites is 1. The van der Waals surface area contributed by atoms with E-state index in [1.807, 2.05) is 30.3 Å². The number of fused-ring (bicyclic) bond motifs is 3. The molecule has 4 nitrogen and oxygen atoms in total. The molecule has 0 fully saturated rings. The van der Waals surface area contributed by atoms with Gasteiger partial charge >= 0.3 is 0 Å². The summed E-state index contributed by atoms with van der Waals surface area (Å²) in [7, 11) is 0. The third-order valence-corrected chi connectivity index (χ3v) is 9.61. The van der Waals surface area contributed by atoms with E-state index in [1.54, 1.807) is 0 Å². The van der Waals surface area contributed by atoms with Crippen molar-refractivity contribution in [1.82, 2.24) is 15.0 Å².